The molecular formula is C68H152O16. The van der Waals surface area contributed by atoms with Crippen LogP contribution >= 0.6 is 0 Å². The molecule has 4 atom stereocenters. The van der Waals surface area contributed by atoms with Crippen molar-refractivity contribution in [1.82, 2.24) is 0 Å². The summed E-state index contributed by atoms with van der Waals surface area (Å²) >= 11 is 0. The predicted octanol–water partition coefficient (Wildman–Crippen LogP) is 15.7. The molecule has 0 aliphatic rings. The Bertz CT molecular complexity index is 1020. The van der Waals surface area contributed by atoms with E-state index >= 15 is 0 Å². The van der Waals surface area contributed by atoms with Gasteiger partial charge in [-0.25, -0.2) is 0 Å². The molecule has 84 heavy (non-hydrogen) atoms. The fourth-order valence-electron chi connectivity index (χ4n) is 6.14. The first kappa shape index (κ1) is 99.6. The van der Waals surface area contributed by atoms with Crippen molar-refractivity contribution in [2.45, 2.75) is 266 Å². The lowest BCUT2D eigenvalue weighted by Crippen LogP contribution is -2.24. The van der Waals surface area contributed by atoms with E-state index in [9.17, 15) is 0 Å². The zero-order chi connectivity index (χ0) is 66.0. The zero-order valence-electron chi connectivity index (χ0n) is 61.3. The molecule has 0 amide bonds. The number of rotatable bonds is 48. The highest BCUT2D eigenvalue weighted by atomic mass is 16.6. The smallest absolute Gasteiger partial charge is 0.0809 e. The predicted molar refractivity (Wildman–Crippen MR) is 356 cm³/mol. The van der Waals surface area contributed by atoms with Crippen LogP contribution < -0.4 is 0 Å². The lowest BCUT2D eigenvalue weighted by Gasteiger charge is -2.20. The molecular weight excluding hydrogens is 1070 g/mol. The van der Waals surface area contributed by atoms with Crippen molar-refractivity contribution >= 4 is 0 Å². The first-order valence-electron chi connectivity index (χ1n) is 33.2. The third kappa shape index (κ3) is 103. The molecule has 0 aromatic rings. The van der Waals surface area contributed by atoms with Gasteiger partial charge in [-0.3, -0.25) is 0 Å². The Labute approximate surface area is 524 Å². The minimum absolute atomic E-state index is 0.257. The second-order valence-electron chi connectivity index (χ2n) is 22.0. The van der Waals surface area contributed by atoms with Gasteiger partial charge in [0.1, 0.15) is 0 Å². The molecule has 0 spiro atoms. The average molecular weight is 1230 g/mol. The molecule has 520 valence electrons. The molecule has 0 fully saturated rings. The first-order valence-corrected chi connectivity index (χ1v) is 33.2. The average Bonchev–Trinajstić information content (AvgIpc) is 3.46. The van der Waals surface area contributed by atoms with Crippen molar-refractivity contribution in [2.75, 3.05) is 161 Å². The maximum absolute atomic E-state index is 5.62. The molecule has 0 heterocycles. The van der Waals surface area contributed by atoms with Crippen molar-refractivity contribution in [3.05, 3.63) is 0 Å². The minimum atomic E-state index is 0.257. The van der Waals surface area contributed by atoms with Crippen molar-refractivity contribution < 1.29 is 75.8 Å². The summed E-state index contributed by atoms with van der Waals surface area (Å²) in [6.45, 7) is 65.9. The maximum Gasteiger partial charge on any atom is 0.0809 e. The van der Waals surface area contributed by atoms with Gasteiger partial charge in [0.2, 0.25) is 0 Å². The lowest BCUT2D eigenvalue weighted by atomic mass is 10.2. The van der Waals surface area contributed by atoms with E-state index in [4.69, 9.17) is 75.8 Å². The van der Waals surface area contributed by atoms with Crippen LogP contribution in [0.25, 0.3) is 0 Å². The summed E-state index contributed by atoms with van der Waals surface area (Å²) in [5.74, 6) is 2.07. The number of ether oxygens (including phenoxy) is 16. The Morgan fingerprint density at radius 1 is 0.238 bits per heavy atom. The van der Waals surface area contributed by atoms with E-state index in [0.29, 0.717) is 73.5 Å². The molecule has 0 bridgehead atoms. The molecule has 0 rings (SSSR count). The van der Waals surface area contributed by atoms with Crippen LogP contribution in [0.3, 0.4) is 0 Å². The summed E-state index contributed by atoms with van der Waals surface area (Å²) in [5, 5.41) is 0. The molecule has 0 saturated heterocycles. The number of methoxy groups -OCH3 is 4. The van der Waals surface area contributed by atoms with Crippen molar-refractivity contribution in [3.63, 3.8) is 0 Å². The Morgan fingerprint density at radius 2 is 0.548 bits per heavy atom. The van der Waals surface area contributed by atoms with Crippen molar-refractivity contribution in [3.8, 4) is 0 Å². The Hall–Kier alpha value is -0.640. The van der Waals surface area contributed by atoms with Gasteiger partial charge < -0.3 is 75.8 Å². The molecule has 0 aromatic heterocycles. The standard InChI is InChI=1S/4C10H22O2.2C8H18O2.2C6H14O2/c1-8(2)11-6-10(5)7-12-9(3)4;1-6-10(12-9(4)5)7-11-8(2)3;1-4-6-11-8-10(3)9-12-7-5-2;1-4-7-11-9-10(6-3)12-8-5-2;1-4-9-6-8(3)7-10-5-2;1-4-8(10-6-3)7-9-5-2;1-6(4-7-2)5-8-3;1-4-6(8-3)5-7-2/h2*8-10H,6-7H2,1-5H3;2*10H,4-9H2,1-3H3;2*8H,4-7H2,1-3H3;2*6H,4-5H2,1-3H3. The van der Waals surface area contributed by atoms with E-state index < -0.39 is 0 Å². The van der Waals surface area contributed by atoms with Crippen LogP contribution in [0.4, 0.5) is 0 Å². The summed E-state index contributed by atoms with van der Waals surface area (Å²) in [6.07, 6.45) is 10.9. The van der Waals surface area contributed by atoms with Crippen LogP contribution in [0.2, 0.25) is 0 Å². The summed E-state index contributed by atoms with van der Waals surface area (Å²) < 4.78 is 84.4. The number of hydrogen-bond donors (Lipinski definition) is 0. The highest BCUT2D eigenvalue weighted by Crippen LogP contribution is 2.06. The van der Waals surface area contributed by atoms with Crippen LogP contribution in [0, 0.1) is 23.7 Å². The minimum Gasteiger partial charge on any atom is -0.384 e. The molecule has 0 aliphatic heterocycles. The summed E-state index contributed by atoms with van der Waals surface area (Å²) in [4.78, 5) is 0. The Morgan fingerprint density at radius 3 is 0.845 bits per heavy atom. The summed E-state index contributed by atoms with van der Waals surface area (Å²) in [7, 11) is 6.78. The Balaban J connectivity index is -0.000000132. The fraction of sp³-hybridized carbons (Fsp3) is 1.00. The second-order valence-corrected chi connectivity index (χ2v) is 22.0. The van der Waals surface area contributed by atoms with E-state index in [1.54, 1.807) is 28.4 Å². The van der Waals surface area contributed by atoms with Crippen molar-refractivity contribution in [1.29, 1.82) is 0 Å². The normalized spacial score (nSPS) is 12.4. The van der Waals surface area contributed by atoms with Crippen LogP contribution in [0.15, 0.2) is 0 Å². The van der Waals surface area contributed by atoms with Gasteiger partial charge in [0.25, 0.3) is 0 Å². The molecule has 0 aliphatic carbocycles. The third-order valence-corrected chi connectivity index (χ3v) is 10.8. The SMILES string of the molecule is CC(COC(C)C)COC(C)C.CCC(COC(C)C)OC(C)C.CCC(COC)OC.CCCOCC(C)COCCC.CCCOCC(CC)OCCC.CCOCC(C)COCC.CCOCC(CC)OCC.COCC(C)COC. The van der Waals surface area contributed by atoms with E-state index in [2.05, 4.69) is 125 Å². The third-order valence-electron chi connectivity index (χ3n) is 10.8. The lowest BCUT2D eigenvalue weighted by molar-refractivity contribution is -0.0593. The van der Waals surface area contributed by atoms with Gasteiger partial charge in [-0.2, -0.15) is 0 Å². The molecule has 4 unspecified atom stereocenters. The van der Waals surface area contributed by atoms with Gasteiger partial charge in [0.15, 0.2) is 0 Å². The molecule has 16 nitrogen and oxygen atoms in total. The van der Waals surface area contributed by atoms with Gasteiger partial charge in [-0.1, -0.05) is 83.1 Å². The molecule has 0 N–H and O–H groups in total. The van der Waals surface area contributed by atoms with Crippen LogP contribution in [-0.2, 0) is 75.8 Å². The molecule has 0 saturated carbocycles. The highest BCUT2D eigenvalue weighted by Gasteiger charge is 2.10. The Kier molecular flexibility index (Phi) is 103. The molecule has 0 radical (unpaired) electrons. The van der Waals surface area contributed by atoms with E-state index in [1.807, 2.05) is 41.5 Å². The quantitative estimate of drug-likeness (QED) is 0.0532. The van der Waals surface area contributed by atoms with E-state index in [-0.39, 0.29) is 12.2 Å². The zero-order valence-corrected chi connectivity index (χ0v) is 61.3. The van der Waals surface area contributed by atoms with Gasteiger partial charge in [0, 0.05) is 105 Å². The highest BCUT2D eigenvalue weighted by molar-refractivity contribution is 4.57. The first-order chi connectivity index (χ1) is 40.0. The second kappa shape index (κ2) is 86.6. The van der Waals surface area contributed by atoms with Gasteiger partial charge in [-0.05, 0) is 134 Å². The summed E-state index contributed by atoms with van der Waals surface area (Å²) in [5.41, 5.74) is 0. The van der Waals surface area contributed by atoms with Gasteiger partial charge in [-0.15, -0.1) is 0 Å². The monoisotopic (exact) mass is 1230 g/mol. The maximum atomic E-state index is 5.62. The summed E-state index contributed by atoms with van der Waals surface area (Å²) in [6, 6.07) is 0. The van der Waals surface area contributed by atoms with Crippen molar-refractivity contribution in [2.24, 2.45) is 23.7 Å². The number of hydrogen-bond acceptors (Lipinski definition) is 16. The van der Waals surface area contributed by atoms with Crippen LogP contribution in [0.5, 0.6) is 0 Å². The molecule has 16 heteroatoms. The van der Waals surface area contributed by atoms with E-state index in [0.717, 1.165) is 170 Å². The topological polar surface area (TPSA) is 148 Å². The van der Waals surface area contributed by atoms with E-state index in [1.165, 1.54) is 0 Å². The van der Waals surface area contributed by atoms with Crippen LogP contribution in [0.1, 0.15) is 218 Å². The van der Waals surface area contributed by atoms with Crippen LogP contribution in [-0.4, -0.2) is 209 Å². The largest absolute Gasteiger partial charge is 0.384 e. The molecule has 0 aromatic carbocycles. The van der Waals surface area contributed by atoms with Gasteiger partial charge >= 0.3 is 0 Å². The van der Waals surface area contributed by atoms with Gasteiger partial charge in [0.05, 0.1) is 128 Å². The fourth-order valence-corrected chi connectivity index (χ4v) is 6.14.